The van der Waals surface area contributed by atoms with Crippen molar-refractivity contribution in [2.75, 3.05) is 13.2 Å². The van der Waals surface area contributed by atoms with E-state index in [1.54, 1.807) is 0 Å². The summed E-state index contributed by atoms with van der Waals surface area (Å²) in [4.78, 5) is 16.7. The normalized spacial score (nSPS) is 13.6. The minimum absolute atomic E-state index is 0.178. The van der Waals surface area contributed by atoms with Crippen molar-refractivity contribution in [2.45, 2.75) is 25.8 Å². The lowest BCUT2D eigenvalue weighted by Crippen LogP contribution is -2.27. The molecule has 5 heteroatoms. The first kappa shape index (κ1) is 18.7. The third-order valence-corrected chi connectivity index (χ3v) is 5.65. The average molecular weight is 399 g/mol. The Balaban J connectivity index is 1.30. The van der Waals surface area contributed by atoms with E-state index < -0.39 is 0 Å². The summed E-state index contributed by atoms with van der Waals surface area (Å²) < 4.78 is 8.37. The Bertz CT molecular complexity index is 1190. The molecule has 1 aliphatic carbocycles. The fourth-order valence-corrected chi connectivity index (χ4v) is 3.92. The fraction of sp³-hybridized carbons (Fsp3) is 0.280. The van der Waals surface area contributed by atoms with Gasteiger partial charge < -0.3 is 14.6 Å². The van der Waals surface area contributed by atoms with Crippen molar-refractivity contribution in [3.8, 4) is 5.75 Å². The average Bonchev–Trinajstić information content (AvgIpc) is 3.57. The van der Waals surface area contributed by atoms with E-state index in [1.807, 2.05) is 42.5 Å². The topological polar surface area (TPSA) is 56.2 Å². The summed E-state index contributed by atoms with van der Waals surface area (Å²) in [5.74, 6) is 2.29. The third kappa shape index (κ3) is 3.88. The molecule has 1 fully saturated rings. The molecule has 30 heavy (non-hydrogen) atoms. The lowest BCUT2D eigenvalue weighted by Gasteiger charge is -2.13. The molecule has 1 N–H and O–H groups in total. The number of ether oxygens (including phenoxy) is 1. The molecule has 5 nitrogen and oxygen atoms in total. The van der Waals surface area contributed by atoms with Crippen LogP contribution in [-0.2, 0) is 17.8 Å². The summed E-state index contributed by atoms with van der Waals surface area (Å²) in [6.07, 6.45) is 2.76. The Hall–Kier alpha value is -3.34. The van der Waals surface area contributed by atoms with Crippen LogP contribution in [0, 0.1) is 5.92 Å². The number of nitrogens with one attached hydrogen (secondary N) is 1. The van der Waals surface area contributed by atoms with Crippen LogP contribution in [0.2, 0.25) is 0 Å². The number of fused-ring (bicyclic) bond motifs is 2. The lowest BCUT2D eigenvalue weighted by molar-refractivity contribution is -0.122. The van der Waals surface area contributed by atoms with E-state index >= 15 is 0 Å². The predicted molar refractivity (Wildman–Crippen MR) is 119 cm³/mol. The lowest BCUT2D eigenvalue weighted by atomic mass is 10.1. The highest BCUT2D eigenvalue weighted by molar-refractivity contribution is 5.88. The number of carbonyl (C=O) groups is 1. The number of carbonyl (C=O) groups excluding carboxylic acids is 1. The van der Waals surface area contributed by atoms with Gasteiger partial charge in [-0.1, -0.05) is 48.5 Å². The molecule has 1 aliphatic rings. The molecular weight excluding hydrogens is 374 g/mol. The quantitative estimate of drug-likeness (QED) is 0.480. The van der Waals surface area contributed by atoms with Crippen LogP contribution in [0.4, 0.5) is 0 Å². The molecule has 1 saturated carbocycles. The van der Waals surface area contributed by atoms with Gasteiger partial charge in [0.05, 0.1) is 17.6 Å². The summed E-state index contributed by atoms with van der Waals surface area (Å²) in [5, 5.41) is 5.34. The van der Waals surface area contributed by atoms with Gasteiger partial charge in [0.25, 0.3) is 0 Å². The summed E-state index contributed by atoms with van der Waals surface area (Å²) in [5.41, 5.74) is 2.08. The molecule has 5 rings (SSSR count). The Kier molecular flexibility index (Phi) is 5.10. The second-order valence-corrected chi connectivity index (χ2v) is 7.81. The third-order valence-electron chi connectivity index (χ3n) is 5.65. The SMILES string of the molecule is O=C(NCCc1nc2ccccc2n1CCOc1cccc2ccccc12)C1CC1. The van der Waals surface area contributed by atoms with Gasteiger partial charge in [0.1, 0.15) is 18.2 Å². The highest BCUT2D eigenvalue weighted by Gasteiger charge is 2.29. The van der Waals surface area contributed by atoms with Gasteiger partial charge in [0, 0.05) is 24.3 Å². The largest absolute Gasteiger partial charge is 0.491 e. The number of benzene rings is 3. The molecule has 1 heterocycles. The summed E-state index contributed by atoms with van der Waals surface area (Å²) in [7, 11) is 0. The molecule has 3 aromatic carbocycles. The number of hydrogen-bond donors (Lipinski definition) is 1. The van der Waals surface area contributed by atoms with Crippen molar-refractivity contribution < 1.29 is 9.53 Å². The van der Waals surface area contributed by atoms with Crippen molar-refractivity contribution in [1.29, 1.82) is 0 Å². The van der Waals surface area contributed by atoms with E-state index in [1.165, 1.54) is 5.39 Å². The number of para-hydroxylation sites is 2. The van der Waals surface area contributed by atoms with Crippen molar-refractivity contribution in [3.05, 3.63) is 72.6 Å². The molecule has 152 valence electrons. The van der Waals surface area contributed by atoms with Crippen LogP contribution in [0.25, 0.3) is 21.8 Å². The second kappa shape index (κ2) is 8.19. The van der Waals surface area contributed by atoms with Crippen molar-refractivity contribution in [3.63, 3.8) is 0 Å². The Morgan fingerprint density at radius 3 is 2.73 bits per heavy atom. The maximum Gasteiger partial charge on any atom is 0.223 e. The summed E-state index contributed by atoms with van der Waals surface area (Å²) >= 11 is 0. The van der Waals surface area contributed by atoms with Gasteiger partial charge in [-0.2, -0.15) is 0 Å². The minimum Gasteiger partial charge on any atom is -0.491 e. The van der Waals surface area contributed by atoms with E-state index in [-0.39, 0.29) is 11.8 Å². The van der Waals surface area contributed by atoms with E-state index in [0.717, 1.165) is 40.8 Å². The smallest absolute Gasteiger partial charge is 0.223 e. The van der Waals surface area contributed by atoms with Crippen LogP contribution in [0.3, 0.4) is 0 Å². The molecule has 0 bridgehead atoms. The van der Waals surface area contributed by atoms with Crippen LogP contribution >= 0.6 is 0 Å². The molecule has 1 aromatic heterocycles. The van der Waals surface area contributed by atoms with Crippen LogP contribution < -0.4 is 10.1 Å². The maximum absolute atomic E-state index is 11.9. The molecule has 0 unspecified atom stereocenters. The second-order valence-electron chi connectivity index (χ2n) is 7.81. The Morgan fingerprint density at radius 2 is 1.83 bits per heavy atom. The van der Waals surface area contributed by atoms with Crippen LogP contribution in [0.1, 0.15) is 18.7 Å². The molecule has 4 aromatic rings. The first-order valence-corrected chi connectivity index (χ1v) is 10.6. The maximum atomic E-state index is 11.9. The van der Waals surface area contributed by atoms with Gasteiger partial charge in [-0.3, -0.25) is 4.79 Å². The van der Waals surface area contributed by atoms with Crippen LogP contribution in [-0.4, -0.2) is 28.6 Å². The number of rotatable bonds is 8. The summed E-state index contributed by atoms with van der Waals surface area (Å²) in [6.45, 7) is 1.87. The first-order chi connectivity index (χ1) is 14.8. The van der Waals surface area contributed by atoms with Crippen molar-refractivity contribution in [2.24, 2.45) is 5.92 Å². The first-order valence-electron chi connectivity index (χ1n) is 10.6. The van der Waals surface area contributed by atoms with E-state index in [2.05, 4.69) is 34.1 Å². The number of amides is 1. The molecule has 1 amide bonds. The van der Waals surface area contributed by atoms with E-state index in [0.29, 0.717) is 26.1 Å². The summed E-state index contributed by atoms with van der Waals surface area (Å²) in [6, 6.07) is 22.6. The predicted octanol–water partition coefficient (Wildman–Crippen LogP) is 4.34. The number of imidazole rings is 1. The molecular formula is C25H25N3O2. The molecule has 0 saturated heterocycles. The van der Waals surface area contributed by atoms with Gasteiger partial charge >= 0.3 is 0 Å². The highest BCUT2D eigenvalue weighted by Crippen LogP contribution is 2.28. The zero-order chi connectivity index (χ0) is 20.3. The molecule has 0 atom stereocenters. The van der Waals surface area contributed by atoms with Gasteiger partial charge in [0.2, 0.25) is 5.91 Å². The van der Waals surface area contributed by atoms with Crippen LogP contribution in [0.15, 0.2) is 66.7 Å². The highest BCUT2D eigenvalue weighted by atomic mass is 16.5. The minimum atomic E-state index is 0.178. The van der Waals surface area contributed by atoms with E-state index in [9.17, 15) is 4.79 Å². The Morgan fingerprint density at radius 1 is 1.03 bits per heavy atom. The van der Waals surface area contributed by atoms with Gasteiger partial charge in [-0.15, -0.1) is 0 Å². The number of hydrogen-bond acceptors (Lipinski definition) is 3. The van der Waals surface area contributed by atoms with Gasteiger partial charge in [-0.25, -0.2) is 4.98 Å². The zero-order valence-electron chi connectivity index (χ0n) is 16.9. The zero-order valence-corrected chi connectivity index (χ0v) is 16.9. The standard InChI is InChI=1S/C25H25N3O2/c29-25(19-12-13-19)26-15-14-24-27-21-9-3-4-10-22(21)28(24)16-17-30-23-11-5-7-18-6-1-2-8-20(18)23/h1-11,19H,12-17H2,(H,26,29). The molecule has 0 radical (unpaired) electrons. The van der Waals surface area contributed by atoms with Crippen molar-refractivity contribution >= 4 is 27.7 Å². The number of nitrogens with zero attached hydrogens (tertiary/aromatic N) is 2. The Labute approximate surface area is 175 Å². The fourth-order valence-electron chi connectivity index (χ4n) is 3.92. The number of aromatic nitrogens is 2. The van der Waals surface area contributed by atoms with E-state index in [4.69, 9.17) is 9.72 Å². The van der Waals surface area contributed by atoms with Crippen LogP contribution in [0.5, 0.6) is 5.75 Å². The van der Waals surface area contributed by atoms with Crippen molar-refractivity contribution in [1.82, 2.24) is 14.9 Å². The monoisotopic (exact) mass is 399 g/mol. The van der Waals surface area contributed by atoms with Gasteiger partial charge in [-0.05, 0) is 36.4 Å². The molecule has 0 aliphatic heterocycles. The molecule has 0 spiro atoms. The van der Waals surface area contributed by atoms with Gasteiger partial charge in [0.15, 0.2) is 0 Å².